The van der Waals surface area contributed by atoms with Crippen molar-refractivity contribution in [2.24, 2.45) is 0 Å². The molecule has 1 fully saturated rings. The first kappa shape index (κ1) is 10.6. The third-order valence-corrected chi connectivity index (χ3v) is 4.02. The lowest BCUT2D eigenvalue weighted by Crippen LogP contribution is -2.30. The summed E-state index contributed by atoms with van der Waals surface area (Å²) >= 11 is 5.34. The zero-order valence-corrected chi connectivity index (χ0v) is 10.5. The third-order valence-electron chi connectivity index (χ3n) is 2.44. The van der Waals surface area contributed by atoms with Crippen molar-refractivity contribution < 1.29 is 4.42 Å². The molecule has 1 N–H and O–H groups in total. The predicted molar refractivity (Wildman–Crippen MR) is 63.7 cm³/mol. The van der Waals surface area contributed by atoms with Crippen molar-refractivity contribution in [1.29, 1.82) is 0 Å². The Morgan fingerprint density at radius 3 is 3.07 bits per heavy atom. The first-order valence-corrected chi connectivity index (χ1v) is 6.79. The van der Waals surface area contributed by atoms with Gasteiger partial charge in [0.15, 0.2) is 4.67 Å². The molecule has 2 heterocycles. The number of furan rings is 1. The van der Waals surface area contributed by atoms with Gasteiger partial charge in [-0.05, 0) is 47.2 Å². The van der Waals surface area contributed by atoms with Crippen molar-refractivity contribution >= 4 is 27.7 Å². The molecule has 2 atom stereocenters. The van der Waals surface area contributed by atoms with Gasteiger partial charge in [0.05, 0.1) is 6.04 Å². The van der Waals surface area contributed by atoms with Crippen LogP contribution >= 0.6 is 27.7 Å². The molecule has 4 heteroatoms. The lowest BCUT2D eigenvalue weighted by Gasteiger charge is -2.16. The average molecular weight is 276 g/mol. The van der Waals surface area contributed by atoms with Crippen molar-refractivity contribution in [1.82, 2.24) is 5.32 Å². The molecule has 1 aromatic heterocycles. The van der Waals surface area contributed by atoms with E-state index in [1.807, 2.05) is 23.9 Å². The summed E-state index contributed by atoms with van der Waals surface area (Å²) in [6.45, 7) is 2.15. The first-order chi connectivity index (χ1) is 6.75. The number of hydrogen-bond donors (Lipinski definition) is 1. The number of nitrogens with one attached hydrogen (secondary N) is 1. The molecule has 1 aliphatic rings. The van der Waals surface area contributed by atoms with Gasteiger partial charge in [0.1, 0.15) is 5.76 Å². The minimum atomic E-state index is 0.310. The maximum Gasteiger partial charge on any atom is 0.169 e. The van der Waals surface area contributed by atoms with Crippen molar-refractivity contribution in [3.8, 4) is 0 Å². The van der Waals surface area contributed by atoms with Crippen LogP contribution in [0.3, 0.4) is 0 Å². The fraction of sp³-hybridized carbons (Fsp3) is 0.600. The highest BCUT2D eigenvalue weighted by molar-refractivity contribution is 9.10. The van der Waals surface area contributed by atoms with E-state index in [0.717, 1.165) is 10.4 Å². The maximum atomic E-state index is 5.50. The minimum Gasteiger partial charge on any atom is -0.453 e. The van der Waals surface area contributed by atoms with Crippen LogP contribution in [0.15, 0.2) is 21.2 Å². The van der Waals surface area contributed by atoms with E-state index in [4.69, 9.17) is 4.42 Å². The topological polar surface area (TPSA) is 25.2 Å². The highest BCUT2D eigenvalue weighted by Gasteiger charge is 2.19. The molecular formula is C10H14BrNOS. The molecule has 2 unspecified atom stereocenters. The molecule has 0 aliphatic carbocycles. The Morgan fingerprint density at radius 2 is 2.50 bits per heavy atom. The monoisotopic (exact) mass is 275 g/mol. The van der Waals surface area contributed by atoms with Crippen LogP contribution in [0.25, 0.3) is 0 Å². The predicted octanol–water partition coefficient (Wildman–Crippen LogP) is 3.20. The molecule has 0 radical (unpaired) electrons. The highest BCUT2D eigenvalue weighted by Crippen LogP contribution is 2.23. The standard InChI is InChI=1S/C10H14BrNOS/c1-7(9-2-3-10(11)13-9)12-8-4-5-14-6-8/h2-3,7-8,12H,4-6H2,1H3. The van der Waals surface area contributed by atoms with Gasteiger partial charge in [-0.2, -0.15) is 11.8 Å². The van der Waals surface area contributed by atoms with Gasteiger partial charge in [-0.25, -0.2) is 0 Å². The smallest absolute Gasteiger partial charge is 0.169 e. The summed E-state index contributed by atoms with van der Waals surface area (Å²) in [6.07, 6.45) is 1.27. The van der Waals surface area contributed by atoms with Crippen LogP contribution in [0, 0.1) is 0 Å². The van der Waals surface area contributed by atoms with E-state index >= 15 is 0 Å². The second kappa shape index (κ2) is 4.73. The molecule has 1 aliphatic heterocycles. The molecule has 2 nitrogen and oxygen atoms in total. The van der Waals surface area contributed by atoms with Gasteiger partial charge in [-0.15, -0.1) is 0 Å². The van der Waals surface area contributed by atoms with Crippen LogP contribution in [0.4, 0.5) is 0 Å². The zero-order valence-electron chi connectivity index (χ0n) is 8.13. The molecule has 1 saturated heterocycles. The van der Waals surface area contributed by atoms with Crippen molar-refractivity contribution in [2.75, 3.05) is 11.5 Å². The highest BCUT2D eigenvalue weighted by atomic mass is 79.9. The summed E-state index contributed by atoms with van der Waals surface area (Å²) in [4.78, 5) is 0. The van der Waals surface area contributed by atoms with Crippen LogP contribution in [-0.2, 0) is 0 Å². The SMILES string of the molecule is CC(NC1CCSC1)c1ccc(Br)o1. The summed E-state index contributed by atoms with van der Waals surface area (Å²) in [5.74, 6) is 3.52. The Kier molecular flexibility index (Phi) is 3.57. The van der Waals surface area contributed by atoms with Gasteiger partial charge >= 0.3 is 0 Å². The Labute approximate surface area is 97.0 Å². The second-order valence-electron chi connectivity index (χ2n) is 3.59. The van der Waals surface area contributed by atoms with Gasteiger partial charge in [0.25, 0.3) is 0 Å². The number of rotatable bonds is 3. The van der Waals surface area contributed by atoms with E-state index in [1.165, 1.54) is 17.9 Å². The molecule has 0 amide bonds. The number of thioether (sulfide) groups is 1. The summed E-state index contributed by atoms with van der Waals surface area (Å²) in [5, 5.41) is 3.57. The Bertz CT molecular complexity index is 296. The molecule has 0 saturated carbocycles. The Morgan fingerprint density at radius 1 is 1.64 bits per heavy atom. The van der Waals surface area contributed by atoms with Crippen LogP contribution in [0.2, 0.25) is 0 Å². The van der Waals surface area contributed by atoms with Gasteiger partial charge in [-0.3, -0.25) is 0 Å². The Balaban J connectivity index is 1.91. The first-order valence-electron chi connectivity index (χ1n) is 4.85. The van der Waals surface area contributed by atoms with Crippen LogP contribution in [0.5, 0.6) is 0 Å². The van der Waals surface area contributed by atoms with Crippen molar-refractivity contribution in [2.45, 2.75) is 25.4 Å². The second-order valence-corrected chi connectivity index (χ2v) is 5.52. The number of hydrogen-bond acceptors (Lipinski definition) is 3. The molecule has 14 heavy (non-hydrogen) atoms. The zero-order chi connectivity index (χ0) is 9.97. The molecule has 0 aromatic carbocycles. The third kappa shape index (κ3) is 2.55. The number of halogens is 1. The molecule has 78 valence electrons. The normalized spacial score (nSPS) is 24.0. The summed E-state index contributed by atoms with van der Waals surface area (Å²) in [7, 11) is 0. The summed E-state index contributed by atoms with van der Waals surface area (Å²) in [6, 6.07) is 4.92. The van der Waals surface area contributed by atoms with E-state index in [0.29, 0.717) is 12.1 Å². The van der Waals surface area contributed by atoms with Gasteiger partial charge < -0.3 is 9.73 Å². The molecule has 0 bridgehead atoms. The van der Waals surface area contributed by atoms with Crippen LogP contribution < -0.4 is 5.32 Å². The minimum absolute atomic E-state index is 0.310. The molecule has 1 aromatic rings. The fourth-order valence-corrected chi connectivity index (χ4v) is 3.15. The van der Waals surface area contributed by atoms with E-state index in [1.54, 1.807) is 0 Å². The largest absolute Gasteiger partial charge is 0.453 e. The summed E-state index contributed by atoms with van der Waals surface area (Å²) < 4.78 is 6.31. The van der Waals surface area contributed by atoms with Gasteiger partial charge in [0, 0.05) is 11.8 Å². The van der Waals surface area contributed by atoms with Gasteiger partial charge in [-0.1, -0.05) is 0 Å². The van der Waals surface area contributed by atoms with E-state index in [-0.39, 0.29) is 0 Å². The van der Waals surface area contributed by atoms with Gasteiger partial charge in [0.2, 0.25) is 0 Å². The van der Waals surface area contributed by atoms with E-state index in [9.17, 15) is 0 Å². The molecule has 0 spiro atoms. The van der Waals surface area contributed by atoms with Crippen LogP contribution in [-0.4, -0.2) is 17.5 Å². The van der Waals surface area contributed by atoms with E-state index < -0.39 is 0 Å². The summed E-state index contributed by atoms with van der Waals surface area (Å²) in [5.41, 5.74) is 0. The average Bonchev–Trinajstić information content (AvgIpc) is 2.75. The Hall–Kier alpha value is 0.0700. The fourth-order valence-electron chi connectivity index (χ4n) is 1.66. The molecule has 2 rings (SSSR count). The van der Waals surface area contributed by atoms with Crippen LogP contribution in [0.1, 0.15) is 25.1 Å². The maximum absolute atomic E-state index is 5.50. The van der Waals surface area contributed by atoms with Crippen molar-refractivity contribution in [3.63, 3.8) is 0 Å². The lowest BCUT2D eigenvalue weighted by atomic mass is 10.2. The quantitative estimate of drug-likeness (QED) is 0.917. The lowest BCUT2D eigenvalue weighted by molar-refractivity contribution is 0.392. The van der Waals surface area contributed by atoms with Crippen molar-refractivity contribution in [3.05, 3.63) is 22.6 Å². The van der Waals surface area contributed by atoms with E-state index in [2.05, 4.69) is 28.2 Å². The molecular weight excluding hydrogens is 262 g/mol.